The van der Waals surface area contributed by atoms with Crippen molar-refractivity contribution < 1.29 is 9.52 Å². The van der Waals surface area contributed by atoms with Crippen molar-refractivity contribution in [2.45, 2.75) is 13.8 Å². The summed E-state index contributed by atoms with van der Waals surface area (Å²) >= 11 is 0. The molecule has 0 atom stereocenters. The van der Waals surface area contributed by atoms with Gasteiger partial charge < -0.3 is 20.2 Å². The predicted octanol–water partition coefficient (Wildman–Crippen LogP) is 1.83. The molecule has 3 N–H and O–H groups in total. The molecule has 0 saturated carbocycles. The number of nitrogens with zero attached hydrogens (tertiary/aromatic N) is 2. The third-order valence-electron chi connectivity index (χ3n) is 2.25. The molecule has 6 heteroatoms. The summed E-state index contributed by atoms with van der Waals surface area (Å²) in [6, 6.07) is 5.48. The van der Waals surface area contributed by atoms with Crippen molar-refractivity contribution in [1.82, 2.24) is 9.97 Å². The number of aliphatic hydroxyl groups excluding tert-OH is 1. The van der Waals surface area contributed by atoms with Crippen LogP contribution in [0.5, 0.6) is 0 Å². The summed E-state index contributed by atoms with van der Waals surface area (Å²) in [5.74, 6) is 3.43. The molecule has 0 fully saturated rings. The van der Waals surface area contributed by atoms with Crippen LogP contribution < -0.4 is 10.6 Å². The summed E-state index contributed by atoms with van der Waals surface area (Å²) in [5, 5.41) is 14.8. The molecule has 2 rings (SSSR count). The number of aryl methyl sites for hydroxylation is 2. The van der Waals surface area contributed by atoms with E-state index in [1.165, 1.54) is 0 Å². The van der Waals surface area contributed by atoms with E-state index in [9.17, 15) is 0 Å². The number of anilines is 3. The van der Waals surface area contributed by atoms with Gasteiger partial charge in [-0.25, -0.2) is 9.97 Å². The predicted molar refractivity (Wildman–Crippen MR) is 69.1 cm³/mol. The summed E-state index contributed by atoms with van der Waals surface area (Å²) in [4.78, 5) is 8.48. The van der Waals surface area contributed by atoms with Gasteiger partial charge in [0.2, 0.25) is 0 Å². The molecule has 0 bridgehead atoms. The van der Waals surface area contributed by atoms with Crippen LogP contribution in [0.1, 0.15) is 11.6 Å². The number of aliphatic hydroxyl groups is 1. The lowest BCUT2D eigenvalue weighted by Crippen LogP contribution is -2.08. The second kappa shape index (κ2) is 5.50. The van der Waals surface area contributed by atoms with Crippen LogP contribution in [0.25, 0.3) is 0 Å². The van der Waals surface area contributed by atoms with Gasteiger partial charge in [0, 0.05) is 18.7 Å². The SMILES string of the molecule is Cc1nc(NCCO)cc(Nc2ccc(C)o2)n1. The van der Waals surface area contributed by atoms with E-state index in [2.05, 4.69) is 20.6 Å². The zero-order chi connectivity index (χ0) is 13.0. The Balaban J connectivity index is 2.14. The van der Waals surface area contributed by atoms with Gasteiger partial charge in [-0.1, -0.05) is 0 Å². The first-order chi connectivity index (χ1) is 8.67. The van der Waals surface area contributed by atoms with E-state index in [0.29, 0.717) is 29.9 Å². The first kappa shape index (κ1) is 12.4. The largest absolute Gasteiger partial charge is 0.446 e. The van der Waals surface area contributed by atoms with Crippen LogP contribution in [0.15, 0.2) is 22.6 Å². The Hall–Kier alpha value is -2.08. The highest BCUT2D eigenvalue weighted by molar-refractivity contribution is 5.55. The Morgan fingerprint density at radius 2 is 2.00 bits per heavy atom. The summed E-state index contributed by atoms with van der Waals surface area (Å²) in [5.41, 5.74) is 0. The summed E-state index contributed by atoms with van der Waals surface area (Å²) < 4.78 is 5.42. The van der Waals surface area contributed by atoms with Crippen molar-refractivity contribution in [3.05, 3.63) is 29.8 Å². The molecule has 0 saturated heterocycles. The van der Waals surface area contributed by atoms with Crippen molar-refractivity contribution >= 4 is 17.5 Å². The van der Waals surface area contributed by atoms with Gasteiger partial charge in [-0.3, -0.25) is 0 Å². The van der Waals surface area contributed by atoms with Crippen molar-refractivity contribution in [1.29, 1.82) is 0 Å². The quantitative estimate of drug-likeness (QED) is 0.748. The topological polar surface area (TPSA) is 83.2 Å². The Kier molecular flexibility index (Phi) is 3.78. The van der Waals surface area contributed by atoms with Gasteiger partial charge in [-0.05, 0) is 19.9 Å². The highest BCUT2D eigenvalue weighted by atomic mass is 16.4. The van der Waals surface area contributed by atoms with Crippen LogP contribution in [0.3, 0.4) is 0 Å². The summed E-state index contributed by atoms with van der Waals surface area (Å²) in [6.07, 6.45) is 0. The van der Waals surface area contributed by atoms with Gasteiger partial charge in [0.15, 0.2) is 5.88 Å². The van der Waals surface area contributed by atoms with Gasteiger partial charge >= 0.3 is 0 Å². The minimum atomic E-state index is 0.0587. The first-order valence-corrected chi connectivity index (χ1v) is 5.71. The fraction of sp³-hybridized carbons (Fsp3) is 0.333. The average molecular weight is 248 g/mol. The number of nitrogens with one attached hydrogen (secondary N) is 2. The zero-order valence-corrected chi connectivity index (χ0v) is 10.4. The van der Waals surface area contributed by atoms with Crippen LogP contribution in [-0.2, 0) is 0 Å². The number of furan rings is 1. The second-order valence-electron chi connectivity index (χ2n) is 3.87. The molecule has 0 aliphatic heterocycles. The maximum Gasteiger partial charge on any atom is 0.198 e. The third kappa shape index (κ3) is 3.21. The minimum Gasteiger partial charge on any atom is -0.446 e. The molecule has 18 heavy (non-hydrogen) atoms. The molecule has 6 nitrogen and oxygen atoms in total. The third-order valence-corrected chi connectivity index (χ3v) is 2.25. The first-order valence-electron chi connectivity index (χ1n) is 5.71. The van der Waals surface area contributed by atoms with Gasteiger partial charge in [0.05, 0.1) is 6.61 Å². The number of aromatic nitrogens is 2. The smallest absolute Gasteiger partial charge is 0.198 e. The monoisotopic (exact) mass is 248 g/mol. The van der Waals surface area contributed by atoms with Crippen molar-refractivity contribution in [3.63, 3.8) is 0 Å². The van der Waals surface area contributed by atoms with Crippen LogP contribution >= 0.6 is 0 Å². The zero-order valence-electron chi connectivity index (χ0n) is 10.4. The molecule has 2 aromatic rings. The summed E-state index contributed by atoms with van der Waals surface area (Å²) in [7, 11) is 0. The molecule has 0 amide bonds. The Morgan fingerprint density at radius 3 is 2.67 bits per heavy atom. The summed E-state index contributed by atoms with van der Waals surface area (Å²) in [6.45, 7) is 4.20. The maximum absolute atomic E-state index is 8.77. The normalized spacial score (nSPS) is 10.4. The van der Waals surface area contributed by atoms with E-state index >= 15 is 0 Å². The lowest BCUT2D eigenvalue weighted by atomic mass is 10.4. The van der Waals surface area contributed by atoms with Gasteiger partial charge in [-0.15, -0.1) is 0 Å². The number of rotatable bonds is 5. The second-order valence-corrected chi connectivity index (χ2v) is 3.87. The average Bonchev–Trinajstić information content (AvgIpc) is 2.71. The maximum atomic E-state index is 8.77. The van der Waals surface area contributed by atoms with E-state index in [1.807, 2.05) is 26.0 Å². The molecule has 2 aromatic heterocycles. The molecular formula is C12H16N4O2. The highest BCUT2D eigenvalue weighted by Crippen LogP contribution is 2.19. The minimum absolute atomic E-state index is 0.0587. The molecule has 96 valence electrons. The molecule has 0 aliphatic carbocycles. The molecule has 0 aliphatic rings. The van der Waals surface area contributed by atoms with Gasteiger partial charge in [-0.2, -0.15) is 0 Å². The van der Waals surface area contributed by atoms with Crippen molar-refractivity contribution in [3.8, 4) is 0 Å². The molecule has 0 unspecified atom stereocenters. The van der Waals surface area contributed by atoms with Crippen molar-refractivity contribution in [2.75, 3.05) is 23.8 Å². The van der Waals surface area contributed by atoms with E-state index in [0.717, 1.165) is 5.76 Å². The van der Waals surface area contributed by atoms with E-state index < -0.39 is 0 Å². The lowest BCUT2D eigenvalue weighted by Gasteiger charge is -2.07. The number of hydrogen-bond acceptors (Lipinski definition) is 6. The Labute approximate surface area is 105 Å². The Morgan fingerprint density at radius 1 is 1.22 bits per heavy atom. The molecule has 2 heterocycles. The lowest BCUT2D eigenvalue weighted by molar-refractivity contribution is 0.311. The van der Waals surface area contributed by atoms with Crippen LogP contribution in [0.4, 0.5) is 17.5 Å². The fourth-order valence-electron chi connectivity index (χ4n) is 1.53. The molecule has 0 radical (unpaired) electrons. The van der Waals surface area contributed by atoms with Gasteiger partial charge in [0.25, 0.3) is 0 Å². The molecule has 0 spiro atoms. The van der Waals surface area contributed by atoms with Crippen LogP contribution in [-0.4, -0.2) is 28.2 Å². The van der Waals surface area contributed by atoms with E-state index in [1.54, 1.807) is 6.07 Å². The van der Waals surface area contributed by atoms with E-state index in [-0.39, 0.29) is 6.61 Å². The highest BCUT2D eigenvalue weighted by Gasteiger charge is 2.04. The molecular weight excluding hydrogens is 232 g/mol. The molecule has 0 aromatic carbocycles. The van der Waals surface area contributed by atoms with E-state index in [4.69, 9.17) is 9.52 Å². The number of hydrogen-bond donors (Lipinski definition) is 3. The van der Waals surface area contributed by atoms with Crippen LogP contribution in [0.2, 0.25) is 0 Å². The fourth-order valence-corrected chi connectivity index (χ4v) is 1.53. The van der Waals surface area contributed by atoms with Gasteiger partial charge in [0.1, 0.15) is 23.2 Å². The van der Waals surface area contributed by atoms with Crippen molar-refractivity contribution in [2.24, 2.45) is 0 Å². The van der Waals surface area contributed by atoms with Crippen LogP contribution in [0, 0.1) is 13.8 Å². The Bertz CT molecular complexity index is 525. The standard InChI is InChI=1S/C12H16N4O2/c1-8-3-4-12(18-8)16-11-7-10(13-5-6-17)14-9(2)15-11/h3-4,7,17H,5-6H2,1-2H3,(H2,13,14,15,16).